The van der Waals surface area contributed by atoms with Gasteiger partial charge in [0.2, 0.25) is 0 Å². The molecule has 0 aliphatic heterocycles. The molecule has 0 aliphatic carbocycles. The van der Waals surface area contributed by atoms with E-state index in [-0.39, 0.29) is 0 Å². The van der Waals surface area contributed by atoms with Gasteiger partial charge in [-0.05, 0) is 18.6 Å². The van der Waals surface area contributed by atoms with Crippen LogP contribution >= 0.6 is 11.8 Å². The highest BCUT2D eigenvalue weighted by atomic mass is 32.2. The van der Waals surface area contributed by atoms with Gasteiger partial charge in [-0.1, -0.05) is 20.3 Å². The fourth-order valence-corrected chi connectivity index (χ4v) is 2.36. The number of thioether (sulfide) groups is 1. The van der Waals surface area contributed by atoms with E-state index in [0.29, 0.717) is 10.8 Å². The number of aromatic carboxylic acids is 1. The van der Waals surface area contributed by atoms with Crippen LogP contribution in [0.3, 0.4) is 0 Å². The van der Waals surface area contributed by atoms with Gasteiger partial charge in [0.1, 0.15) is 0 Å². The van der Waals surface area contributed by atoms with E-state index < -0.39 is 5.97 Å². The monoisotopic (exact) mass is 225 g/mol. The highest BCUT2D eigenvalue weighted by Crippen LogP contribution is 2.24. The zero-order valence-corrected chi connectivity index (χ0v) is 9.75. The highest BCUT2D eigenvalue weighted by Gasteiger charge is 2.07. The number of carbonyl (C=O) groups is 1. The molecule has 0 radical (unpaired) electrons. The lowest BCUT2D eigenvalue weighted by Crippen LogP contribution is -1.99. The molecule has 0 saturated heterocycles. The zero-order chi connectivity index (χ0) is 11.3. The molecular weight excluding hydrogens is 210 g/mol. The van der Waals surface area contributed by atoms with Gasteiger partial charge in [0.25, 0.3) is 0 Å². The van der Waals surface area contributed by atoms with Crippen LogP contribution in [0.2, 0.25) is 0 Å². The van der Waals surface area contributed by atoms with Gasteiger partial charge in [-0.3, -0.25) is 0 Å². The standard InChI is InChI=1S/C11H15NO2S/c1-3-4-8(2)15-10-7-9(11(13)14)5-6-12-10/h5-8H,3-4H2,1-2H3,(H,13,14). The van der Waals surface area contributed by atoms with E-state index in [4.69, 9.17) is 5.11 Å². The Hall–Kier alpha value is -1.03. The summed E-state index contributed by atoms with van der Waals surface area (Å²) >= 11 is 1.63. The van der Waals surface area contributed by atoms with Gasteiger partial charge in [0.05, 0.1) is 10.6 Å². The average molecular weight is 225 g/mol. The van der Waals surface area contributed by atoms with Crippen molar-refractivity contribution in [2.24, 2.45) is 0 Å². The van der Waals surface area contributed by atoms with Gasteiger partial charge in [-0.2, -0.15) is 0 Å². The molecule has 1 aromatic heterocycles. The second kappa shape index (κ2) is 5.75. The van der Waals surface area contributed by atoms with Crippen molar-refractivity contribution in [2.45, 2.75) is 37.0 Å². The maximum Gasteiger partial charge on any atom is 0.335 e. The van der Waals surface area contributed by atoms with E-state index in [0.717, 1.165) is 17.9 Å². The van der Waals surface area contributed by atoms with Crippen molar-refractivity contribution in [1.82, 2.24) is 4.98 Å². The van der Waals surface area contributed by atoms with E-state index in [1.165, 1.54) is 6.07 Å². The number of rotatable bonds is 5. The predicted molar refractivity (Wildman–Crippen MR) is 61.4 cm³/mol. The number of aromatic nitrogens is 1. The molecule has 1 aromatic rings. The number of carboxylic acids is 1. The molecule has 0 aliphatic rings. The summed E-state index contributed by atoms with van der Waals surface area (Å²) in [6.07, 6.45) is 3.79. The molecule has 0 aromatic carbocycles. The lowest BCUT2D eigenvalue weighted by Gasteiger charge is -2.08. The van der Waals surface area contributed by atoms with E-state index in [2.05, 4.69) is 18.8 Å². The van der Waals surface area contributed by atoms with Crippen molar-refractivity contribution in [3.05, 3.63) is 23.9 Å². The molecule has 0 spiro atoms. The van der Waals surface area contributed by atoms with Crippen molar-refractivity contribution in [3.63, 3.8) is 0 Å². The minimum absolute atomic E-state index is 0.302. The summed E-state index contributed by atoms with van der Waals surface area (Å²) in [5.74, 6) is -0.901. The van der Waals surface area contributed by atoms with Gasteiger partial charge in [0, 0.05) is 11.4 Å². The summed E-state index contributed by atoms with van der Waals surface area (Å²) < 4.78 is 0. The minimum Gasteiger partial charge on any atom is -0.478 e. The summed E-state index contributed by atoms with van der Waals surface area (Å²) in [6, 6.07) is 3.13. The van der Waals surface area contributed by atoms with Crippen LogP contribution in [-0.2, 0) is 0 Å². The molecule has 1 N–H and O–H groups in total. The van der Waals surface area contributed by atoms with Crippen LogP contribution in [0.15, 0.2) is 23.4 Å². The Kier molecular flexibility index (Phi) is 4.62. The Morgan fingerprint density at radius 1 is 1.67 bits per heavy atom. The molecule has 15 heavy (non-hydrogen) atoms. The van der Waals surface area contributed by atoms with Gasteiger partial charge in [-0.15, -0.1) is 11.8 Å². The summed E-state index contributed by atoms with van der Waals surface area (Å²) in [4.78, 5) is 14.9. The predicted octanol–water partition coefficient (Wildman–Crippen LogP) is 3.06. The maximum atomic E-state index is 10.7. The molecule has 1 heterocycles. The lowest BCUT2D eigenvalue weighted by molar-refractivity contribution is 0.0696. The second-order valence-corrected chi connectivity index (χ2v) is 4.86. The molecule has 0 amide bonds. The molecule has 1 rings (SSSR count). The van der Waals surface area contributed by atoms with Gasteiger partial charge in [-0.25, -0.2) is 9.78 Å². The third kappa shape index (κ3) is 3.91. The molecule has 3 nitrogen and oxygen atoms in total. The molecular formula is C11H15NO2S. The topological polar surface area (TPSA) is 50.2 Å². The maximum absolute atomic E-state index is 10.7. The smallest absolute Gasteiger partial charge is 0.335 e. The SMILES string of the molecule is CCCC(C)Sc1cc(C(=O)O)ccn1. The van der Waals surface area contributed by atoms with E-state index >= 15 is 0 Å². The molecule has 1 atom stereocenters. The van der Waals surface area contributed by atoms with Crippen molar-refractivity contribution in [3.8, 4) is 0 Å². The molecule has 0 fully saturated rings. The van der Waals surface area contributed by atoms with Crippen molar-refractivity contribution in [1.29, 1.82) is 0 Å². The van der Waals surface area contributed by atoms with E-state index in [9.17, 15) is 4.79 Å². The summed E-state index contributed by atoms with van der Waals surface area (Å²) in [5, 5.41) is 10.1. The largest absolute Gasteiger partial charge is 0.478 e. The minimum atomic E-state index is -0.901. The number of pyridine rings is 1. The Balaban J connectivity index is 2.69. The van der Waals surface area contributed by atoms with Crippen LogP contribution in [0, 0.1) is 0 Å². The van der Waals surface area contributed by atoms with Crippen LogP contribution in [-0.4, -0.2) is 21.3 Å². The highest BCUT2D eigenvalue weighted by molar-refractivity contribution is 7.99. The molecule has 0 bridgehead atoms. The van der Waals surface area contributed by atoms with Crippen molar-refractivity contribution in [2.75, 3.05) is 0 Å². The van der Waals surface area contributed by atoms with E-state index in [1.807, 2.05) is 0 Å². The summed E-state index contributed by atoms with van der Waals surface area (Å²) in [6.45, 7) is 4.27. The molecule has 82 valence electrons. The first-order valence-electron chi connectivity index (χ1n) is 4.99. The van der Waals surface area contributed by atoms with Crippen molar-refractivity contribution >= 4 is 17.7 Å². The Bertz CT molecular complexity index is 341. The second-order valence-electron chi connectivity index (χ2n) is 3.41. The average Bonchev–Trinajstić information content (AvgIpc) is 2.18. The number of nitrogens with zero attached hydrogens (tertiary/aromatic N) is 1. The van der Waals surface area contributed by atoms with Gasteiger partial charge in [0.15, 0.2) is 0 Å². The Morgan fingerprint density at radius 2 is 2.40 bits per heavy atom. The first-order valence-corrected chi connectivity index (χ1v) is 5.87. The third-order valence-corrected chi connectivity index (χ3v) is 3.10. The number of hydrogen-bond donors (Lipinski definition) is 1. The summed E-state index contributed by atoms with van der Waals surface area (Å²) in [7, 11) is 0. The lowest BCUT2D eigenvalue weighted by atomic mass is 10.3. The zero-order valence-electron chi connectivity index (χ0n) is 8.93. The summed E-state index contributed by atoms with van der Waals surface area (Å²) in [5.41, 5.74) is 0.302. The number of hydrogen-bond acceptors (Lipinski definition) is 3. The Labute approximate surface area is 93.9 Å². The fourth-order valence-electron chi connectivity index (χ4n) is 1.28. The van der Waals surface area contributed by atoms with Crippen LogP contribution in [0.1, 0.15) is 37.0 Å². The molecule has 1 unspecified atom stereocenters. The number of carboxylic acid groups (broad SMARTS) is 1. The van der Waals surface area contributed by atoms with Gasteiger partial charge < -0.3 is 5.11 Å². The molecule has 0 saturated carbocycles. The first kappa shape index (κ1) is 12.0. The Morgan fingerprint density at radius 3 is 3.00 bits per heavy atom. The third-order valence-electron chi connectivity index (χ3n) is 2.00. The molecule has 4 heteroatoms. The quantitative estimate of drug-likeness (QED) is 0.782. The normalized spacial score (nSPS) is 12.4. The first-order chi connectivity index (χ1) is 7.13. The van der Waals surface area contributed by atoms with Crippen LogP contribution in [0.4, 0.5) is 0 Å². The van der Waals surface area contributed by atoms with Crippen LogP contribution in [0.25, 0.3) is 0 Å². The van der Waals surface area contributed by atoms with Crippen LogP contribution in [0.5, 0.6) is 0 Å². The van der Waals surface area contributed by atoms with Crippen LogP contribution < -0.4 is 0 Å². The van der Waals surface area contributed by atoms with Crippen molar-refractivity contribution < 1.29 is 9.90 Å². The van der Waals surface area contributed by atoms with E-state index in [1.54, 1.807) is 24.0 Å². The fraction of sp³-hybridized carbons (Fsp3) is 0.455. The van der Waals surface area contributed by atoms with Gasteiger partial charge >= 0.3 is 5.97 Å².